The van der Waals surface area contributed by atoms with Crippen molar-refractivity contribution in [2.24, 2.45) is 0 Å². The molecule has 1 heterocycles. The third-order valence-corrected chi connectivity index (χ3v) is 4.08. The maximum atomic E-state index is 11.9. The van der Waals surface area contributed by atoms with Gasteiger partial charge in [-0.3, -0.25) is 9.69 Å². The lowest BCUT2D eigenvalue weighted by Crippen LogP contribution is -2.44. The SMILES string of the molecule is O=C(OCc1ccccc1)OC1Cc2ccccc2CN1C(=O)Cl. The zero-order valence-electron chi connectivity index (χ0n) is 12.9. The van der Waals surface area contributed by atoms with Gasteiger partial charge in [-0.2, -0.15) is 0 Å². The zero-order chi connectivity index (χ0) is 16.9. The summed E-state index contributed by atoms with van der Waals surface area (Å²) in [7, 11) is 0. The second-order valence-corrected chi connectivity index (χ2v) is 5.77. The molecule has 1 atom stereocenters. The first-order valence-corrected chi connectivity index (χ1v) is 7.91. The molecule has 1 unspecified atom stereocenters. The van der Waals surface area contributed by atoms with Gasteiger partial charge in [-0.15, -0.1) is 0 Å². The summed E-state index contributed by atoms with van der Waals surface area (Å²) in [6.07, 6.45) is -1.21. The molecule has 1 amide bonds. The largest absolute Gasteiger partial charge is 0.510 e. The van der Waals surface area contributed by atoms with Crippen LogP contribution in [0.2, 0.25) is 0 Å². The van der Waals surface area contributed by atoms with Gasteiger partial charge in [-0.05, 0) is 28.3 Å². The van der Waals surface area contributed by atoms with Crippen molar-refractivity contribution in [2.45, 2.75) is 25.8 Å². The maximum absolute atomic E-state index is 11.9. The van der Waals surface area contributed by atoms with E-state index in [1.807, 2.05) is 54.6 Å². The molecule has 24 heavy (non-hydrogen) atoms. The average molecular weight is 346 g/mol. The van der Waals surface area contributed by atoms with Gasteiger partial charge in [0.05, 0.1) is 6.54 Å². The third-order valence-electron chi connectivity index (χ3n) is 3.86. The second-order valence-electron chi connectivity index (χ2n) is 5.45. The van der Waals surface area contributed by atoms with Crippen LogP contribution < -0.4 is 0 Å². The van der Waals surface area contributed by atoms with Gasteiger partial charge >= 0.3 is 11.5 Å². The Labute approximate surface area is 144 Å². The molecule has 0 radical (unpaired) electrons. The Bertz CT molecular complexity index is 735. The van der Waals surface area contributed by atoms with Gasteiger partial charge in [0.1, 0.15) is 6.61 Å². The molecule has 6 heteroatoms. The van der Waals surface area contributed by atoms with Crippen LogP contribution in [0.3, 0.4) is 0 Å². The lowest BCUT2D eigenvalue weighted by Gasteiger charge is -2.34. The highest BCUT2D eigenvalue weighted by Gasteiger charge is 2.32. The first-order chi connectivity index (χ1) is 11.6. The number of rotatable bonds is 3. The van der Waals surface area contributed by atoms with Crippen LogP contribution in [0.1, 0.15) is 16.7 Å². The molecular weight excluding hydrogens is 330 g/mol. The van der Waals surface area contributed by atoms with Gasteiger partial charge in [0.25, 0.3) is 0 Å². The Balaban J connectivity index is 1.64. The van der Waals surface area contributed by atoms with Crippen molar-refractivity contribution in [3.8, 4) is 0 Å². The number of nitrogens with zero attached hydrogens (tertiary/aromatic N) is 1. The summed E-state index contributed by atoms with van der Waals surface area (Å²) >= 11 is 5.63. The molecular formula is C18H16ClNO4. The van der Waals surface area contributed by atoms with Crippen molar-refractivity contribution in [3.63, 3.8) is 0 Å². The molecule has 2 aromatic carbocycles. The van der Waals surface area contributed by atoms with Crippen molar-refractivity contribution >= 4 is 23.1 Å². The topological polar surface area (TPSA) is 55.8 Å². The van der Waals surface area contributed by atoms with Crippen LogP contribution in [-0.2, 0) is 29.0 Å². The quantitative estimate of drug-likeness (QED) is 0.478. The number of benzene rings is 2. The van der Waals surface area contributed by atoms with Crippen molar-refractivity contribution < 1.29 is 19.1 Å². The van der Waals surface area contributed by atoms with E-state index < -0.39 is 17.7 Å². The Morgan fingerprint density at radius 3 is 2.42 bits per heavy atom. The fourth-order valence-corrected chi connectivity index (χ4v) is 2.81. The fourth-order valence-electron chi connectivity index (χ4n) is 2.64. The summed E-state index contributed by atoms with van der Waals surface area (Å²) in [5.41, 5.74) is 2.87. The van der Waals surface area contributed by atoms with E-state index in [4.69, 9.17) is 21.1 Å². The molecule has 2 aromatic rings. The van der Waals surface area contributed by atoms with Crippen LogP contribution in [0.4, 0.5) is 9.59 Å². The molecule has 0 aromatic heterocycles. The van der Waals surface area contributed by atoms with Gasteiger partial charge in [0.2, 0.25) is 0 Å². The van der Waals surface area contributed by atoms with Gasteiger partial charge in [-0.25, -0.2) is 4.79 Å². The van der Waals surface area contributed by atoms with E-state index >= 15 is 0 Å². The molecule has 5 nitrogen and oxygen atoms in total. The number of fused-ring (bicyclic) bond motifs is 1. The Morgan fingerprint density at radius 1 is 1.04 bits per heavy atom. The molecule has 0 spiro atoms. The number of hydrogen-bond donors (Lipinski definition) is 0. The predicted octanol–water partition coefficient (Wildman–Crippen LogP) is 4.08. The summed E-state index contributed by atoms with van der Waals surface area (Å²) in [4.78, 5) is 24.9. The maximum Gasteiger partial charge on any atom is 0.510 e. The highest BCUT2D eigenvalue weighted by Crippen LogP contribution is 2.25. The summed E-state index contributed by atoms with van der Waals surface area (Å²) in [5.74, 6) is 0. The van der Waals surface area contributed by atoms with E-state index in [1.165, 1.54) is 4.90 Å². The molecule has 1 aliphatic heterocycles. The van der Waals surface area contributed by atoms with Crippen molar-refractivity contribution in [2.75, 3.05) is 0 Å². The number of carbonyl (C=O) groups is 2. The Morgan fingerprint density at radius 2 is 1.71 bits per heavy atom. The lowest BCUT2D eigenvalue weighted by atomic mass is 9.99. The van der Waals surface area contributed by atoms with Crippen LogP contribution in [-0.4, -0.2) is 22.6 Å². The van der Waals surface area contributed by atoms with Crippen LogP contribution in [0.25, 0.3) is 0 Å². The van der Waals surface area contributed by atoms with E-state index in [-0.39, 0.29) is 6.61 Å². The summed E-state index contributed by atoms with van der Waals surface area (Å²) in [6, 6.07) is 16.9. The summed E-state index contributed by atoms with van der Waals surface area (Å²) < 4.78 is 10.4. The van der Waals surface area contributed by atoms with Gasteiger partial charge < -0.3 is 9.47 Å². The van der Waals surface area contributed by atoms with Crippen LogP contribution in [0.15, 0.2) is 54.6 Å². The Kier molecular flexibility index (Phi) is 5.01. The number of ether oxygens (including phenoxy) is 2. The number of halogens is 1. The first kappa shape index (κ1) is 16.3. The smallest absolute Gasteiger partial charge is 0.429 e. The third kappa shape index (κ3) is 3.86. The first-order valence-electron chi connectivity index (χ1n) is 7.53. The van der Waals surface area contributed by atoms with Crippen LogP contribution in [0.5, 0.6) is 0 Å². The second kappa shape index (κ2) is 7.36. The molecule has 3 rings (SSSR count). The number of carbonyl (C=O) groups excluding carboxylic acids is 2. The van der Waals surface area contributed by atoms with Gasteiger partial charge in [-0.1, -0.05) is 54.6 Å². The Hall–Kier alpha value is -2.53. The molecule has 0 aliphatic carbocycles. The molecule has 0 saturated carbocycles. The lowest BCUT2D eigenvalue weighted by molar-refractivity contribution is -0.0366. The molecule has 0 bridgehead atoms. The van der Waals surface area contributed by atoms with Crippen LogP contribution in [0, 0.1) is 0 Å². The minimum atomic E-state index is -0.828. The van der Waals surface area contributed by atoms with Crippen molar-refractivity contribution in [1.29, 1.82) is 0 Å². The molecule has 124 valence electrons. The van der Waals surface area contributed by atoms with E-state index in [2.05, 4.69) is 0 Å². The zero-order valence-corrected chi connectivity index (χ0v) is 13.6. The molecule has 0 fully saturated rings. The van der Waals surface area contributed by atoms with E-state index in [9.17, 15) is 9.59 Å². The summed E-state index contributed by atoms with van der Waals surface area (Å²) in [6.45, 7) is 0.410. The van der Waals surface area contributed by atoms with Crippen molar-refractivity contribution in [3.05, 3.63) is 71.3 Å². The fraction of sp³-hybridized carbons (Fsp3) is 0.222. The highest BCUT2D eigenvalue weighted by atomic mass is 35.5. The molecule has 0 N–H and O–H groups in total. The van der Waals surface area contributed by atoms with Gasteiger partial charge in [0, 0.05) is 6.42 Å². The number of hydrogen-bond acceptors (Lipinski definition) is 4. The highest BCUT2D eigenvalue weighted by molar-refractivity contribution is 6.62. The van der Waals surface area contributed by atoms with E-state index in [1.54, 1.807) is 0 Å². The standard InChI is InChI=1S/C18H16ClNO4/c19-17(21)20-11-15-9-5-4-8-14(15)10-16(20)24-18(22)23-12-13-6-2-1-3-7-13/h1-9,16H,10-12H2. The minimum absolute atomic E-state index is 0.109. The van der Waals surface area contributed by atoms with E-state index in [0.717, 1.165) is 16.7 Å². The van der Waals surface area contributed by atoms with Gasteiger partial charge in [0.15, 0.2) is 6.23 Å². The monoisotopic (exact) mass is 345 g/mol. The molecule has 1 aliphatic rings. The predicted molar refractivity (Wildman–Crippen MR) is 88.4 cm³/mol. The normalized spacial score (nSPS) is 16.2. The minimum Gasteiger partial charge on any atom is -0.429 e. The van der Waals surface area contributed by atoms with Crippen molar-refractivity contribution in [1.82, 2.24) is 4.90 Å². The average Bonchev–Trinajstić information content (AvgIpc) is 2.60. The van der Waals surface area contributed by atoms with E-state index in [0.29, 0.717) is 13.0 Å². The van der Waals surface area contributed by atoms with Crippen LogP contribution >= 0.6 is 11.6 Å². The molecule has 0 saturated heterocycles. The summed E-state index contributed by atoms with van der Waals surface area (Å²) in [5, 5.41) is -0.662. The number of amides is 1.